The van der Waals surface area contributed by atoms with Gasteiger partial charge in [-0.3, -0.25) is 19.8 Å². The molecular weight excluding hydrogens is 374 g/mol. The Labute approximate surface area is 169 Å². The van der Waals surface area contributed by atoms with Gasteiger partial charge in [0, 0.05) is 70.4 Å². The summed E-state index contributed by atoms with van der Waals surface area (Å²) in [7, 11) is 1.72. The number of imidazole rings is 1. The van der Waals surface area contributed by atoms with E-state index in [1.165, 1.54) is 12.3 Å². The summed E-state index contributed by atoms with van der Waals surface area (Å²) >= 11 is 0. The minimum Gasteiger partial charge on any atom is -0.381 e. The van der Waals surface area contributed by atoms with Gasteiger partial charge in [0.2, 0.25) is 5.78 Å². The van der Waals surface area contributed by atoms with Crippen LogP contribution in [0.3, 0.4) is 0 Å². The number of anilines is 1. The molecule has 1 aromatic heterocycles. The first-order chi connectivity index (χ1) is 14.0. The van der Waals surface area contributed by atoms with E-state index < -0.39 is 4.92 Å². The lowest BCUT2D eigenvalue weighted by atomic mass is 10.1. The number of ketones is 1. The maximum absolute atomic E-state index is 12.7. The second kappa shape index (κ2) is 8.30. The zero-order valence-corrected chi connectivity index (χ0v) is 16.5. The van der Waals surface area contributed by atoms with Gasteiger partial charge in [0.1, 0.15) is 5.69 Å². The Morgan fingerprint density at radius 2 is 2.10 bits per heavy atom. The lowest BCUT2D eigenvalue weighted by Crippen LogP contribution is -2.48. The predicted molar refractivity (Wildman–Crippen MR) is 107 cm³/mol. The quantitative estimate of drug-likeness (QED) is 0.415. The molecule has 2 saturated heterocycles. The molecule has 2 fully saturated rings. The number of carbonyl (C=O) groups is 1. The normalized spacial score (nSPS) is 20.2. The van der Waals surface area contributed by atoms with E-state index in [4.69, 9.17) is 4.74 Å². The molecule has 0 amide bonds. The van der Waals surface area contributed by atoms with Gasteiger partial charge in [-0.1, -0.05) is 0 Å². The van der Waals surface area contributed by atoms with Crippen LogP contribution in [0, 0.1) is 16.0 Å². The number of hydrogen-bond donors (Lipinski definition) is 0. The summed E-state index contributed by atoms with van der Waals surface area (Å²) in [6.07, 6.45) is 4.32. The van der Waals surface area contributed by atoms with Crippen molar-refractivity contribution >= 4 is 17.2 Å². The molecule has 0 N–H and O–H groups in total. The van der Waals surface area contributed by atoms with Crippen molar-refractivity contribution in [3.63, 3.8) is 0 Å². The summed E-state index contributed by atoms with van der Waals surface area (Å²) in [5.74, 6) is 0.527. The second-order valence-electron chi connectivity index (χ2n) is 7.67. The third-order valence-electron chi connectivity index (χ3n) is 5.71. The number of nitrogens with zero attached hydrogens (tertiary/aromatic N) is 5. The second-order valence-corrected chi connectivity index (χ2v) is 7.67. The number of rotatable bonds is 6. The van der Waals surface area contributed by atoms with Crippen molar-refractivity contribution in [1.29, 1.82) is 0 Å². The van der Waals surface area contributed by atoms with E-state index in [2.05, 4.69) is 9.88 Å². The van der Waals surface area contributed by atoms with Gasteiger partial charge in [0.15, 0.2) is 5.82 Å². The van der Waals surface area contributed by atoms with Crippen molar-refractivity contribution in [3.8, 4) is 0 Å². The van der Waals surface area contributed by atoms with Gasteiger partial charge in [-0.2, -0.15) is 0 Å². The number of piperazine rings is 1. The van der Waals surface area contributed by atoms with Gasteiger partial charge in [0.25, 0.3) is 5.69 Å². The molecule has 2 aromatic rings. The molecule has 9 nitrogen and oxygen atoms in total. The third-order valence-corrected chi connectivity index (χ3v) is 5.71. The molecule has 1 aromatic carbocycles. The average molecular weight is 399 g/mol. The smallest absolute Gasteiger partial charge is 0.293 e. The Balaban J connectivity index is 1.48. The van der Waals surface area contributed by atoms with Crippen molar-refractivity contribution in [2.75, 3.05) is 50.8 Å². The van der Waals surface area contributed by atoms with Crippen LogP contribution in [-0.4, -0.2) is 71.1 Å². The molecule has 0 spiro atoms. The monoisotopic (exact) mass is 399 g/mol. The first-order valence-corrected chi connectivity index (χ1v) is 9.88. The highest BCUT2D eigenvalue weighted by Crippen LogP contribution is 2.31. The first-order valence-electron chi connectivity index (χ1n) is 9.88. The van der Waals surface area contributed by atoms with Crippen molar-refractivity contribution in [3.05, 3.63) is 52.1 Å². The van der Waals surface area contributed by atoms with Crippen molar-refractivity contribution in [2.24, 2.45) is 13.0 Å². The summed E-state index contributed by atoms with van der Waals surface area (Å²) in [4.78, 5) is 32.4. The molecule has 0 saturated carbocycles. The number of ether oxygens (including phenoxy) is 1. The van der Waals surface area contributed by atoms with Gasteiger partial charge >= 0.3 is 0 Å². The van der Waals surface area contributed by atoms with Crippen LogP contribution >= 0.6 is 0 Å². The van der Waals surface area contributed by atoms with Gasteiger partial charge in [-0.05, 0) is 24.5 Å². The first kappa shape index (κ1) is 19.5. The van der Waals surface area contributed by atoms with Crippen molar-refractivity contribution in [2.45, 2.75) is 6.42 Å². The van der Waals surface area contributed by atoms with Crippen LogP contribution in [0.4, 0.5) is 11.4 Å². The topological polar surface area (TPSA) is 93.7 Å². The molecule has 0 aliphatic carbocycles. The Morgan fingerprint density at radius 1 is 1.31 bits per heavy atom. The fourth-order valence-corrected chi connectivity index (χ4v) is 4.06. The average Bonchev–Trinajstić information content (AvgIpc) is 3.39. The maximum atomic E-state index is 12.7. The third kappa shape index (κ3) is 4.15. The molecular formula is C20H25N5O4. The molecule has 2 aliphatic heterocycles. The fourth-order valence-electron chi connectivity index (χ4n) is 4.06. The highest BCUT2D eigenvalue weighted by atomic mass is 16.6. The van der Waals surface area contributed by atoms with Crippen LogP contribution in [0.1, 0.15) is 22.6 Å². The number of nitro benzene ring substituents is 1. The van der Waals surface area contributed by atoms with Gasteiger partial charge in [-0.25, -0.2) is 4.98 Å². The summed E-state index contributed by atoms with van der Waals surface area (Å²) in [6.45, 7) is 5.87. The fraction of sp³-hybridized carbons (Fsp3) is 0.500. The Kier molecular flexibility index (Phi) is 5.59. The van der Waals surface area contributed by atoms with Crippen LogP contribution < -0.4 is 4.90 Å². The minimum atomic E-state index is -0.410. The van der Waals surface area contributed by atoms with Gasteiger partial charge < -0.3 is 14.2 Å². The van der Waals surface area contributed by atoms with E-state index in [1.54, 1.807) is 29.9 Å². The van der Waals surface area contributed by atoms with Crippen molar-refractivity contribution in [1.82, 2.24) is 14.5 Å². The Morgan fingerprint density at radius 3 is 2.72 bits per heavy atom. The SMILES string of the molecule is Cn1ccnc1C(=O)c1ccc(N2CCN(CC3CCOC3)CC2)c([N+](=O)[O-])c1. The van der Waals surface area contributed by atoms with Crippen LogP contribution in [0.2, 0.25) is 0 Å². The summed E-state index contributed by atoms with van der Waals surface area (Å²) in [5, 5.41) is 11.7. The van der Waals surface area contributed by atoms with E-state index in [-0.39, 0.29) is 22.9 Å². The van der Waals surface area contributed by atoms with Crippen LogP contribution in [0.15, 0.2) is 30.6 Å². The number of benzene rings is 1. The predicted octanol–water partition coefficient (Wildman–Crippen LogP) is 1.72. The zero-order chi connectivity index (χ0) is 20.4. The minimum absolute atomic E-state index is 0.0392. The van der Waals surface area contributed by atoms with Crippen LogP contribution in [-0.2, 0) is 11.8 Å². The largest absolute Gasteiger partial charge is 0.381 e. The number of nitro groups is 1. The van der Waals surface area contributed by atoms with E-state index in [0.29, 0.717) is 11.6 Å². The number of aromatic nitrogens is 2. The van der Waals surface area contributed by atoms with E-state index in [1.807, 2.05) is 4.90 Å². The standard InChI is InChI=1S/C20H25N5O4/c1-22-6-5-21-20(22)19(26)16-2-3-17(18(12-16)25(27)28)24-9-7-23(8-10-24)13-15-4-11-29-14-15/h2-3,5-6,12,15H,4,7-11,13-14H2,1H3. The highest BCUT2D eigenvalue weighted by molar-refractivity contribution is 6.07. The molecule has 1 atom stereocenters. The number of hydrogen-bond acceptors (Lipinski definition) is 7. The lowest BCUT2D eigenvalue weighted by molar-refractivity contribution is -0.384. The van der Waals surface area contributed by atoms with Crippen LogP contribution in [0.25, 0.3) is 0 Å². The molecule has 9 heteroatoms. The van der Waals surface area contributed by atoms with Gasteiger partial charge in [-0.15, -0.1) is 0 Å². The van der Waals surface area contributed by atoms with Crippen LogP contribution in [0.5, 0.6) is 0 Å². The number of carbonyl (C=O) groups excluding carboxylic acids is 1. The number of aryl methyl sites for hydroxylation is 1. The highest BCUT2D eigenvalue weighted by Gasteiger charge is 2.27. The molecule has 2 aliphatic rings. The zero-order valence-electron chi connectivity index (χ0n) is 16.5. The lowest BCUT2D eigenvalue weighted by Gasteiger charge is -2.36. The van der Waals surface area contributed by atoms with Crippen molar-refractivity contribution < 1.29 is 14.5 Å². The molecule has 3 heterocycles. The molecule has 4 rings (SSSR count). The molecule has 154 valence electrons. The summed E-state index contributed by atoms with van der Waals surface area (Å²) in [5.41, 5.74) is 0.799. The summed E-state index contributed by atoms with van der Waals surface area (Å²) < 4.78 is 7.06. The Bertz CT molecular complexity index is 898. The Hall–Kier alpha value is -2.78. The summed E-state index contributed by atoms with van der Waals surface area (Å²) in [6, 6.07) is 4.71. The molecule has 1 unspecified atom stereocenters. The van der Waals surface area contributed by atoms with Gasteiger partial charge in [0.05, 0.1) is 11.5 Å². The van der Waals surface area contributed by atoms with E-state index >= 15 is 0 Å². The molecule has 0 bridgehead atoms. The molecule has 29 heavy (non-hydrogen) atoms. The van der Waals surface area contributed by atoms with E-state index in [9.17, 15) is 14.9 Å². The maximum Gasteiger partial charge on any atom is 0.293 e. The van der Waals surface area contributed by atoms with E-state index in [0.717, 1.165) is 52.4 Å². The molecule has 0 radical (unpaired) electrons.